The average Bonchev–Trinajstić information content (AvgIpc) is 2.81. The summed E-state index contributed by atoms with van der Waals surface area (Å²) in [5.41, 5.74) is 1.22. The topological polar surface area (TPSA) is 33.9 Å². The highest BCUT2D eigenvalue weighted by molar-refractivity contribution is 5.26. The zero-order valence-electron chi connectivity index (χ0n) is 10.5. The lowest BCUT2D eigenvalue weighted by molar-refractivity contribution is -0.890. The Hall–Kier alpha value is -1.06. The number of aryl methyl sites for hydroxylation is 1. The summed E-state index contributed by atoms with van der Waals surface area (Å²) in [5.74, 6) is 0.839. The van der Waals surface area contributed by atoms with Crippen LogP contribution in [0.25, 0.3) is 0 Å². The van der Waals surface area contributed by atoms with Gasteiger partial charge in [-0.3, -0.25) is 0 Å². The highest BCUT2D eigenvalue weighted by Gasteiger charge is 2.19. The normalized spacial score (nSPS) is 18.2. The van der Waals surface area contributed by atoms with Gasteiger partial charge in [0.15, 0.2) is 0 Å². The number of hydrogen-bond donors (Lipinski definition) is 2. The summed E-state index contributed by atoms with van der Waals surface area (Å²) in [4.78, 5) is 1.50. The molecule has 2 rings (SSSR count). The van der Waals surface area contributed by atoms with Crippen molar-refractivity contribution in [3.63, 3.8) is 0 Å². The first-order valence-corrected chi connectivity index (χ1v) is 6.45. The van der Waals surface area contributed by atoms with Crippen LogP contribution >= 0.6 is 0 Å². The van der Waals surface area contributed by atoms with Crippen LogP contribution in [0.1, 0.15) is 18.4 Å². The highest BCUT2D eigenvalue weighted by atomic mass is 16.5. The zero-order chi connectivity index (χ0) is 12.1. The van der Waals surface area contributed by atoms with Gasteiger partial charge in [-0.25, -0.2) is 0 Å². The summed E-state index contributed by atoms with van der Waals surface area (Å²) in [6.07, 6.45) is 2.23. The van der Waals surface area contributed by atoms with Crippen LogP contribution in [0.4, 0.5) is 0 Å². The maximum Gasteiger partial charge on any atom is 0.137 e. The van der Waals surface area contributed by atoms with Crippen molar-refractivity contribution < 1.29 is 14.7 Å². The summed E-state index contributed by atoms with van der Waals surface area (Å²) in [5, 5.41) is 9.88. The number of benzene rings is 1. The second kappa shape index (κ2) is 6.03. The standard InChI is InChI=1S/C14H21NO2/c1-12-4-6-14(7-5-12)17-11-13(16)10-15-8-2-3-9-15/h4-7,13,16H,2-3,8-11H2,1H3/p+1/t13-/m0/s1. The molecule has 0 radical (unpaired) electrons. The zero-order valence-corrected chi connectivity index (χ0v) is 10.5. The second-order valence-electron chi connectivity index (χ2n) is 4.94. The molecule has 1 aromatic rings. The van der Waals surface area contributed by atoms with Gasteiger partial charge in [0, 0.05) is 12.8 Å². The summed E-state index contributed by atoms with van der Waals surface area (Å²) in [6.45, 7) is 5.65. The number of likely N-dealkylation sites (tertiary alicyclic amines) is 1. The third kappa shape index (κ3) is 4.02. The number of aliphatic hydroxyl groups is 1. The summed E-state index contributed by atoms with van der Waals surface area (Å²) >= 11 is 0. The fraction of sp³-hybridized carbons (Fsp3) is 0.571. The average molecular weight is 236 g/mol. The van der Waals surface area contributed by atoms with Crippen molar-refractivity contribution in [3.05, 3.63) is 29.8 Å². The molecular weight excluding hydrogens is 214 g/mol. The van der Waals surface area contributed by atoms with E-state index < -0.39 is 0 Å². The van der Waals surface area contributed by atoms with Gasteiger partial charge < -0.3 is 14.7 Å². The minimum Gasteiger partial charge on any atom is -0.491 e. The molecule has 17 heavy (non-hydrogen) atoms. The number of aliphatic hydroxyl groups excluding tert-OH is 1. The van der Waals surface area contributed by atoms with Gasteiger partial charge in [-0.05, 0) is 19.1 Å². The minimum atomic E-state index is -0.357. The maximum atomic E-state index is 9.88. The Morgan fingerprint density at radius 2 is 1.88 bits per heavy atom. The lowest BCUT2D eigenvalue weighted by atomic mass is 10.2. The van der Waals surface area contributed by atoms with Crippen LogP contribution in [0.15, 0.2) is 24.3 Å². The predicted octanol–water partition coefficient (Wildman–Crippen LogP) is 0.413. The van der Waals surface area contributed by atoms with E-state index in [-0.39, 0.29) is 6.10 Å². The minimum absolute atomic E-state index is 0.357. The van der Waals surface area contributed by atoms with Crippen molar-refractivity contribution in [2.45, 2.75) is 25.9 Å². The lowest BCUT2D eigenvalue weighted by Gasteiger charge is -2.17. The molecule has 0 aromatic heterocycles. The molecule has 1 aliphatic rings. The van der Waals surface area contributed by atoms with E-state index in [9.17, 15) is 5.11 Å². The molecule has 1 heterocycles. The SMILES string of the molecule is Cc1ccc(OC[C@@H](O)C[NH+]2CCCC2)cc1. The van der Waals surface area contributed by atoms with Gasteiger partial charge in [-0.1, -0.05) is 17.7 Å². The Bertz CT molecular complexity index is 331. The van der Waals surface area contributed by atoms with Crippen molar-refractivity contribution in [2.75, 3.05) is 26.2 Å². The Kier molecular flexibility index (Phi) is 4.40. The van der Waals surface area contributed by atoms with E-state index in [1.54, 1.807) is 0 Å². The molecule has 1 atom stereocenters. The largest absolute Gasteiger partial charge is 0.491 e. The van der Waals surface area contributed by atoms with Gasteiger partial charge >= 0.3 is 0 Å². The first-order chi connectivity index (χ1) is 8.24. The van der Waals surface area contributed by atoms with Crippen LogP contribution in [0.2, 0.25) is 0 Å². The van der Waals surface area contributed by atoms with Gasteiger partial charge in [-0.2, -0.15) is 0 Å². The van der Waals surface area contributed by atoms with E-state index in [4.69, 9.17) is 4.74 Å². The molecule has 2 N–H and O–H groups in total. The quantitative estimate of drug-likeness (QED) is 0.776. The molecule has 1 aromatic carbocycles. The molecule has 0 aliphatic carbocycles. The monoisotopic (exact) mass is 236 g/mol. The fourth-order valence-corrected chi connectivity index (χ4v) is 2.30. The van der Waals surface area contributed by atoms with Crippen LogP contribution in [0, 0.1) is 6.92 Å². The molecule has 0 amide bonds. The first-order valence-electron chi connectivity index (χ1n) is 6.45. The number of rotatable bonds is 5. The Balaban J connectivity index is 1.71. The number of ether oxygens (including phenoxy) is 1. The predicted molar refractivity (Wildman–Crippen MR) is 67.5 cm³/mol. The molecular formula is C14H22NO2+. The Morgan fingerprint density at radius 3 is 2.53 bits per heavy atom. The number of hydrogen-bond acceptors (Lipinski definition) is 2. The molecule has 3 heteroatoms. The van der Waals surface area contributed by atoms with Gasteiger partial charge in [0.1, 0.15) is 25.0 Å². The van der Waals surface area contributed by atoms with Crippen LogP contribution in [-0.4, -0.2) is 37.5 Å². The third-order valence-corrected chi connectivity index (χ3v) is 3.30. The molecule has 0 spiro atoms. The summed E-state index contributed by atoms with van der Waals surface area (Å²) in [6, 6.07) is 7.94. The van der Waals surface area contributed by atoms with Crippen LogP contribution in [0.3, 0.4) is 0 Å². The van der Waals surface area contributed by atoms with Crippen LogP contribution < -0.4 is 9.64 Å². The Labute approximate surface area is 103 Å². The van der Waals surface area contributed by atoms with Crippen molar-refractivity contribution in [3.8, 4) is 5.75 Å². The van der Waals surface area contributed by atoms with E-state index in [0.29, 0.717) is 6.61 Å². The van der Waals surface area contributed by atoms with E-state index >= 15 is 0 Å². The van der Waals surface area contributed by atoms with Crippen molar-refractivity contribution in [1.29, 1.82) is 0 Å². The second-order valence-corrected chi connectivity index (χ2v) is 4.94. The summed E-state index contributed by atoms with van der Waals surface area (Å²) in [7, 11) is 0. The number of quaternary nitrogens is 1. The van der Waals surface area contributed by atoms with E-state index in [1.165, 1.54) is 36.4 Å². The molecule has 94 valence electrons. The molecule has 1 saturated heterocycles. The smallest absolute Gasteiger partial charge is 0.137 e. The lowest BCUT2D eigenvalue weighted by Crippen LogP contribution is -3.11. The highest BCUT2D eigenvalue weighted by Crippen LogP contribution is 2.11. The molecule has 0 saturated carbocycles. The van der Waals surface area contributed by atoms with Gasteiger partial charge in [0.2, 0.25) is 0 Å². The fourth-order valence-electron chi connectivity index (χ4n) is 2.30. The van der Waals surface area contributed by atoms with Gasteiger partial charge in [0.25, 0.3) is 0 Å². The van der Waals surface area contributed by atoms with Crippen molar-refractivity contribution in [1.82, 2.24) is 0 Å². The molecule has 1 fully saturated rings. The Morgan fingerprint density at radius 1 is 1.24 bits per heavy atom. The maximum absolute atomic E-state index is 9.88. The van der Waals surface area contributed by atoms with Crippen LogP contribution in [0.5, 0.6) is 5.75 Å². The molecule has 1 aliphatic heterocycles. The first kappa shape index (κ1) is 12.4. The van der Waals surface area contributed by atoms with E-state index in [0.717, 1.165) is 12.3 Å². The van der Waals surface area contributed by atoms with Crippen LogP contribution in [-0.2, 0) is 0 Å². The number of nitrogens with one attached hydrogen (secondary N) is 1. The van der Waals surface area contributed by atoms with Crippen molar-refractivity contribution >= 4 is 0 Å². The molecule has 0 unspecified atom stereocenters. The molecule has 3 nitrogen and oxygen atoms in total. The summed E-state index contributed by atoms with van der Waals surface area (Å²) < 4.78 is 5.57. The van der Waals surface area contributed by atoms with Gasteiger partial charge in [0.05, 0.1) is 13.1 Å². The van der Waals surface area contributed by atoms with Gasteiger partial charge in [-0.15, -0.1) is 0 Å². The van der Waals surface area contributed by atoms with E-state index in [2.05, 4.69) is 6.92 Å². The van der Waals surface area contributed by atoms with Crippen molar-refractivity contribution in [2.24, 2.45) is 0 Å². The molecule has 0 bridgehead atoms. The third-order valence-electron chi connectivity index (χ3n) is 3.30. The van der Waals surface area contributed by atoms with E-state index in [1.807, 2.05) is 24.3 Å².